The van der Waals surface area contributed by atoms with E-state index in [1.807, 2.05) is 6.92 Å². The van der Waals surface area contributed by atoms with E-state index in [0.29, 0.717) is 19.5 Å². The summed E-state index contributed by atoms with van der Waals surface area (Å²) in [6.45, 7) is 1.11. The van der Waals surface area contributed by atoms with Gasteiger partial charge in [-0.25, -0.2) is 14.0 Å². The molecule has 0 spiro atoms. The molecule has 0 unspecified atom stereocenters. The molecule has 1 aliphatic rings. The summed E-state index contributed by atoms with van der Waals surface area (Å²) >= 11 is 0. The number of carbonyl (C=O) groups excluding carboxylic acids is 1. The van der Waals surface area contributed by atoms with Gasteiger partial charge < -0.3 is 24.8 Å². The van der Waals surface area contributed by atoms with Gasteiger partial charge in [0.15, 0.2) is 11.6 Å². The maximum Gasteiger partial charge on any atom is 0.407 e. The first-order valence-corrected chi connectivity index (χ1v) is 8.75. The second-order valence-electron chi connectivity index (χ2n) is 6.80. The summed E-state index contributed by atoms with van der Waals surface area (Å²) in [4.78, 5) is 24.2. The highest BCUT2D eigenvalue weighted by Gasteiger charge is 2.32. The Hall–Kier alpha value is -2.65. The number of piperidine rings is 1. The summed E-state index contributed by atoms with van der Waals surface area (Å²) in [5, 5.41) is 12.1. The maximum absolute atomic E-state index is 14.3. The Labute approximate surface area is 160 Å². The Balaban J connectivity index is 2.26. The highest BCUT2D eigenvalue weighted by molar-refractivity contribution is 5.91. The van der Waals surface area contributed by atoms with Crippen LogP contribution in [0.1, 0.15) is 30.6 Å². The number of alkyl halides is 2. The molecular formula is C18H23F3N2O5. The Bertz CT molecular complexity index is 731. The van der Waals surface area contributed by atoms with E-state index in [0.717, 1.165) is 13.2 Å². The molecule has 7 nitrogen and oxygen atoms in total. The number of nitrogens with zero attached hydrogens (tertiary/aromatic N) is 1. The van der Waals surface area contributed by atoms with Gasteiger partial charge in [-0.2, -0.15) is 8.78 Å². The van der Waals surface area contributed by atoms with Crippen molar-refractivity contribution in [2.45, 2.75) is 32.9 Å². The van der Waals surface area contributed by atoms with Crippen LogP contribution >= 0.6 is 0 Å². The average Bonchev–Trinajstić information content (AvgIpc) is 2.62. The molecule has 1 fully saturated rings. The number of anilines is 1. The van der Waals surface area contributed by atoms with Gasteiger partial charge in [0.2, 0.25) is 0 Å². The number of hydrogen-bond donors (Lipinski definition) is 2. The number of carbonyl (C=O) groups is 2. The predicted octanol–water partition coefficient (Wildman–Crippen LogP) is 3.65. The number of rotatable bonds is 6. The minimum absolute atomic E-state index is 0.000144. The maximum atomic E-state index is 14.3. The molecule has 1 amide bonds. The third kappa shape index (κ3) is 4.99. The largest absolute Gasteiger partial charge is 0.465 e. The van der Waals surface area contributed by atoms with Gasteiger partial charge in [-0.1, -0.05) is 6.92 Å². The third-order valence-corrected chi connectivity index (χ3v) is 4.94. The standard InChI is InChI=1S/C18H23F3N2O5/c1-9-8-23(18(25)26)5-4-12(9)10(2)22-14-7-11(16(24)27-3)6-13(19)15(14)28-17(20)21/h6-7,9-10,12,17,22H,4-5,8H2,1-3H3,(H,25,26)/t9-,10+,12+/m1/s1. The van der Waals surface area contributed by atoms with Gasteiger partial charge in [0.1, 0.15) is 0 Å². The van der Waals surface area contributed by atoms with Crippen LogP contribution in [-0.4, -0.2) is 54.9 Å². The minimum Gasteiger partial charge on any atom is -0.465 e. The van der Waals surface area contributed by atoms with E-state index >= 15 is 0 Å². The number of ether oxygens (including phenoxy) is 2. The lowest BCUT2D eigenvalue weighted by Crippen LogP contribution is -2.46. The van der Waals surface area contributed by atoms with Crippen LogP contribution in [-0.2, 0) is 4.74 Å². The van der Waals surface area contributed by atoms with E-state index < -0.39 is 30.2 Å². The highest BCUT2D eigenvalue weighted by Crippen LogP contribution is 2.35. The van der Waals surface area contributed by atoms with Gasteiger partial charge in [0.25, 0.3) is 0 Å². The smallest absolute Gasteiger partial charge is 0.407 e. The number of carboxylic acid groups (broad SMARTS) is 1. The second-order valence-corrected chi connectivity index (χ2v) is 6.80. The van der Waals surface area contributed by atoms with E-state index in [2.05, 4.69) is 14.8 Å². The molecule has 1 heterocycles. The average molecular weight is 404 g/mol. The minimum atomic E-state index is -3.24. The van der Waals surface area contributed by atoms with Crippen LogP contribution in [0.2, 0.25) is 0 Å². The zero-order chi connectivity index (χ0) is 21.0. The first-order chi connectivity index (χ1) is 13.1. The van der Waals surface area contributed by atoms with Crippen molar-refractivity contribution in [3.63, 3.8) is 0 Å². The second kappa shape index (κ2) is 9.03. The van der Waals surface area contributed by atoms with Crippen molar-refractivity contribution in [2.24, 2.45) is 11.8 Å². The Morgan fingerprint density at radius 1 is 1.36 bits per heavy atom. The Morgan fingerprint density at radius 3 is 2.57 bits per heavy atom. The molecular weight excluding hydrogens is 381 g/mol. The van der Waals surface area contributed by atoms with Crippen molar-refractivity contribution >= 4 is 17.7 Å². The molecule has 3 atom stereocenters. The lowest BCUT2D eigenvalue weighted by atomic mass is 9.82. The molecule has 0 saturated carbocycles. The molecule has 2 rings (SSSR count). The van der Waals surface area contributed by atoms with Crippen molar-refractivity contribution in [3.05, 3.63) is 23.5 Å². The van der Waals surface area contributed by atoms with Crippen molar-refractivity contribution in [1.82, 2.24) is 4.90 Å². The zero-order valence-electron chi connectivity index (χ0n) is 15.7. The summed E-state index contributed by atoms with van der Waals surface area (Å²) in [6, 6.07) is 1.64. The van der Waals surface area contributed by atoms with Crippen molar-refractivity contribution < 1.29 is 37.3 Å². The monoisotopic (exact) mass is 404 g/mol. The fourth-order valence-corrected chi connectivity index (χ4v) is 3.58. The molecule has 10 heteroatoms. The van der Waals surface area contributed by atoms with Crippen LogP contribution in [0.4, 0.5) is 23.7 Å². The van der Waals surface area contributed by atoms with Crippen molar-refractivity contribution in [2.75, 3.05) is 25.5 Å². The van der Waals surface area contributed by atoms with Gasteiger partial charge in [0.05, 0.1) is 18.4 Å². The Morgan fingerprint density at radius 2 is 2.04 bits per heavy atom. The SMILES string of the molecule is COC(=O)c1cc(F)c(OC(F)F)c(N[C@@H](C)[C@H]2CCN(C(=O)O)C[C@H]2C)c1. The van der Waals surface area contributed by atoms with Crippen molar-refractivity contribution in [3.8, 4) is 5.75 Å². The van der Waals surface area contributed by atoms with Crippen molar-refractivity contribution in [1.29, 1.82) is 0 Å². The fraction of sp³-hybridized carbons (Fsp3) is 0.556. The summed E-state index contributed by atoms with van der Waals surface area (Å²) < 4.78 is 48.6. The van der Waals surface area contributed by atoms with Gasteiger partial charge in [-0.05, 0) is 37.3 Å². The van der Waals surface area contributed by atoms with E-state index in [1.165, 1.54) is 11.0 Å². The van der Waals surface area contributed by atoms with Gasteiger partial charge in [0, 0.05) is 19.1 Å². The van der Waals surface area contributed by atoms with Gasteiger partial charge in [-0.15, -0.1) is 0 Å². The van der Waals surface area contributed by atoms with Crippen LogP contribution in [0.25, 0.3) is 0 Å². The van der Waals surface area contributed by atoms with Crippen LogP contribution < -0.4 is 10.1 Å². The lowest BCUT2D eigenvalue weighted by molar-refractivity contribution is -0.0517. The number of benzene rings is 1. The number of likely N-dealkylation sites (tertiary alicyclic amines) is 1. The fourth-order valence-electron chi connectivity index (χ4n) is 3.58. The molecule has 1 aromatic carbocycles. The van der Waals surface area contributed by atoms with Gasteiger partial charge in [-0.3, -0.25) is 0 Å². The molecule has 0 bridgehead atoms. The molecule has 0 aliphatic carbocycles. The van der Waals surface area contributed by atoms with E-state index in [9.17, 15) is 22.8 Å². The number of halogens is 3. The number of methoxy groups -OCH3 is 1. The summed E-state index contributed by atoms with van der Waals surface area (Å²) in [6.07, 6.45) is -0.447. The van der Waals surface area contributed by atoms with E-state index in [4.69, 9.17) is 5.11 Å². The number of hydrogen-bond acceptors (Lipinski definition) is 5. The Kier molecular flexibility index (Phi) is 6.98. The molecule has 0 radical (unpaired) electrons. The molecule has 156 valence electrons. The summed E-state index contributed by atoms with van der Waals surface area (Å²) in [5.74, 6) is -2.64. The molecule has 1 saturated heterocycles. The first kappa shape index (κ1) is 21.6. The van der Waals surface area contributed by atoms with E-state index in [-0.39, 0.29) is 29.1 Å². The summed E-state index contributed by atoms with van der Waals surface area (Å²) in [5.41, 5.74) is -0.244. The highest BCUT2D eigenvalue weighted by atomic mass is 19.3. The lowest BCUT2D eigenvalue weighted by Gasteiger charge is -2.39. The topological polar surface area (TPSA) is 88.1 Å². The van der Waals surface area contributed by atoms with Gasteiger partial charge >= 0.3 is 18.7 Å². The number of amides is 1. The first-order valence-electron chi connectivity index (χ1n) is 8.75. The molecule has 1 aliphatic heterocycles. The van der Waals surface area contributed by atoms with Crippen LogP contribution in [0.3, 0.4) is 0 Å². The molecule has 28 heavy (non-hydrogen) atoms. The quantitative estimate of drug-likeness (QED) is 0.704. The number of nitrogens with one attached hydrogen (secondary N) is 1. The van der Waals surface area contributed by atoms with Crippen LogP contribution in [0.15, 0.2) is 12.1 Å². The number of esters is 1. The molecule has 0 aromatic heterocycles. The van der Waals surface area contributed by atoms with E-state index in [1.54, 1.807) is 6.92 Å². The normalized spacial score (nSPS) is 20.6. The zero-order valence-corrected chi connectivity index (χ0v) is 15.7. The summed E-state index contributed by atoms with van der Waals surface area (Å²) in [7, 11) is 1.12. The molecule has 2 N–H and O–H groups in total. The van der Waals surface area contributed by atoms with Crippen LogP contribution in [0.5, 0.6) is 5.75 Å². The molecule has 1 aromatic rings. The predicted molar refractivity (Wildman–Crippen MR) is 94.3 cm³/mol. The van der Waals surface area contributed by atoms with Crippen LogP contribution in [0, 0.1) is 17.7 Å². The third-order valence-electron chi connectivity index (χ3n) is 4.94.